The summed E-state index contributed by atoms with van der Waals surface area (Å²) < 4.78 is 46.7. The Labute approximate surface area is 244 Å². The summed E-state index contributed by atoms with van der Waals surface area (Å²) in [7, 11) is 0. The maximum atomic E-state index is 13.1. The molecule has 2 bridgehead atoms. The third kappa shape index (κ3) is 5.93. The number of rotatable bonds is 3. The largest absolute Gasteiger partial charge is 0.416 e. The number of carbonyl (C=O) groups is 2. The van der Waals surface area contributed by atoms with E-state index in [-0.39, 0.29) is 29.4 Å². The van der Waals surface area contributed by atoms with Gasteiger partial charge in [0.2, 0.25) is 5.91 Å². The number of nitrogens with one attached hydrogen (secondary N) is 2. The van der Waals surface area contributed by atoms with Crippen molar-refractivity contribution >= 4 is 40.4 Å². The molecule has 0 saturated heterocycles. The van der Waals surface area contributed by atoms with E-state index >= 15 is 0 Å². The van der Waals surface area contributed by atoms with Crippen molar-refractivity contribution in [2.75, 3.05) is 24.3 Å². The fraction of sp³-hybridized carbons (Fsp3) is 0.300. The number of amides is 2. The molecule has 1 aromatic carbocycles. The number of nitrogen functional groups attached to an aromatic ring is 1. The Morgan fingerprint density at radius 3 is 2.74 bits per heavy atom. The van der Waals surface area contributed by atoms with Crippen molar-refractivity contribution < 1.29 is 27.5 Å². The number of fused-ring (bicyclic) bond motifs is 3. The molecule has 6 rings (SSSR count). The van der Waals surface area contributed by atoms with Gasteiger partial charge in [-0.25, -0.2) is 9.97 Å². The summed E-state index contributed by atoms with van der Waals surface area (Å²) >= 11 is 0. The van der Waals surface area contributed by atoms with Crippen molar-refractivity contribution in [1.82, 2.24) is 25.1 Å². The zero-order chi connectivity index (χ0) is 30.1. The molecule has 4 heterocycles. The molecule has 2 amide bonds. The Morgan fingerprint density at radius 1 is 1.14 bits per heavy atom. The molecule has 3 aromatic heterocycles. The van der Waals surface area contributed by atoms with Crippen molar-refractivity contribution in [3.63, 3.8) is 0 Å². The molecule has 222 valence electrons. The monoisotopic (exact) mass is 591 g/mol. The molecule has 1 aliphatic heterocycles. The van der Waals surface area contributed by atoms with Gasteiger partial charge in [0, 0.05) is 41.5 Å². The van der Waals surface area contributed by atoms with E-state index in [4.69, 9.17) is 15.6 Å². The Kier molecular flexibility index (Phi) is 7.57. The van der Waals surface area contributed by atoms with Crippen LogP contribution in [0.3, 0.4) is 0 Å². The van der Waals surface area contributed by atoms with Gasteiger partial charge < -0.3 is 21.1 Å². The summed E-state index contributed by atoms with van der Waals surface area (Å²) in [5, 5.41) is 11.2. The maximum absolute atomic E-state index is 13.1. The van der Waals surface area contributed by atoms with Gasteiger partial charge in [-0.3, -0.25) is 14.3 Å². The SMILES string of the molecule is Nc1ncc2c3c1c(-c1ccc(C(=O)Nc4cc(C(F)(F)F)ccn4)cc1)nn3[C@@H]1CC[C@H](C1)NC(=O)CCOC/C=C/2. The normalized spacial score (nSPS) is 19.9. The number of pyridine rings is 2. The second-order valence-corrected chi connectivity index (χ2v) is 10.5. The standard InChI is InChI=1S/C30H28F3N7O3/c31-30(32,33)20-9-11-35-23(14-20)38-29(42)18-5-3-17(4-6-18)26-25-27-19(16-36-28(25)34)2-1-12-43-13-10-24(41)37-21-7-8-22(15-21)40(27)39-26/h1-6,9,11,14,16,21-22H,7-8,10,12-13,15H2,(H2,34,36)(H,37,41)(H,35,38,42)/b2-1+/t21-,22-/m1/s1. The van der Waals surface area contributed by atoms with E-state index in [1.54, 1.807) is 30.5 Å². The van der Waals surface area contributed by atoms with E-state index in [0.29, 0.717) is 48.5 Å². The molecule has 43 heavy (non-hydrogen) atoms. The minimum atomic E-state index is -4.56. The summed E-state index contributed by atoms with van der Waals surface area (Å²) in [5.41, 5.74) is 8.62. The van der Waals surface area contributed by atoms with Crippen LogP contribution < -0.4 is 16.4 Å². The van der Waals surface area contributed by atoms with Crippen LogP contribution in [0.5, 0.6) is 0 Å². The molecular formula is C30H28F3N7O3. The summed E-state index contributed by atoms with van der Waals surface area (Å²) in [5.74, 6) is -0.563. The fourth-order valence-corrected chi connectivity index (χ4v) is 5.55. The summed E-state index contributed by atoms with van der Waals surface area (Å²) in [6.45, 7) is 0.654. The van der Waals surface area contributed by atoms with Gasteiger partial charge >= 0.3 is 6.18 Å². The number of anilines is 2. The van der Waals surface area contributed by atoms with Crippen molar-refractivity contribution in [3.8, 4) is 11.3 Å². The van der Waals surface area contributed by atoms with E-state index < -0.39 is 17.6 Å². The van der Waals surface area contributed by atoms with Crippen LogP contribution in [0.25, 0.3) is 28.2 Å². The molecule has 1 aliphatic carbocycles. The van der Waals surface area contributed by atoms with E-state index in [2.05, 4.69) is 20.6 Å². The van der Waals surface area contributed by atoms with E-state index in [0.717, 1.165) is 42.3 Å². The van der Waals surface area contributed by atoms with Crippen LogP contribution in [0.1, 0.15) is 53.2 Å². The van der Waals surface area contributed by atoms with Crippen LogP contribution in [0.2, 0.25) is 0 Å². The number of nitrogens with zero attached hydrogens (tertiary/aromatic N) is 4. The highest BCUT2D eigenvalue weighted by Crippen LogP contribution is 2.39. The number of hydrogen-bond donors (Lipinski definition) is 3. The first-order chi connectivity index (χ1) is 20.7. The first-order valence-electron chi connectivity index (χ1n) is 13.8. The van der Waals surface area contributed by atoms with Crippen LogP contribution in [-0.4, -0.2) is 50.8 Å². The lowest BCUT2D eigenvalue weighted by atomic mass is 10.0. The zero-order valence-corrected chi connectivity index (χ0v) is 22.9. The third-order valence-electron chi connectivity index (χ3n) is 7.63. The number of carbonyl (C=O) groups excluding carboxylic acids is 2. The Balaban J connectivity index is 1.34. The molecule has 2 aliphatic rings. The Morgan fingerprint density at radius 2 is 1.95 bits per heavy atom. The van der Waals surface area contributed by atoms with E-state index in [1.807, 2.05) is 16.8 Å². The topological polar surface area (TPSA) is 137 Å². The minimum absolute atomic E-state index is 0.0136. The van der Waals surface area contributed by atoms with Crippen LogP contribution in [-0.2, 0) is 15.7 Å². The average Bonchev–Trinajstić information content (AvgIpc) is 3.61. The highest BCUT2D eigenvalue weighted by molar-refractivity contribution is 6.06. The van der Waals surface area contributed by atoms with Crippen molar-refractivity contribution in [1.29, 1.82) is 0 Å². The van der Waals surface area contributed by atoms with Crippen LogP contribution in [0, 0.1) is 0 Å². The first kappa shape index (κ1) is 28.3. The summed E-state index contributed by atoms with van der Waals surface area (Å²) in [6, 6.07) is 8.18. The Hall–Kier alpha value is -4.78. The number of benzene rings is 1. The van der Waals surface area contributed by atoms with Crippen molar-refractivity contribution in [3.05, 3.63) is 71.6 Å². The molecule has 1 fully saturated rings. The summed E-state index contributed by atoms with van der Waals surface area (Å²) in [4.78, 5) is 33.4. The fourth-order valence-electron chi connectivity index (χ4n) is 5.55. The van der Waals surface area contributed by atoms with Crippen LogP contribution in [0.4, 0.5) is 24.8 Å². The Bertz CT molecular complexity index is 1720. The molecule has 4 N–H and O–H groups in total. The third-order valence-corrected chi connectivity index (χ3v) is 7.63. The van der Waals surface area contributed by atoms with E-state index in [9.17, 15) is 22.8 Å². The lowest BCUT2D eigenvalue weighted by molar-refractivity contribution is -0.137. The summed E-state index contributed by atoms with van der Waals surface area (Å²) in [6.07, 6.45) is 4.52. The smallest absolute Gasteiger partial charge is 0.383 e. The average molecular weight is 592 g/mol. The van der Waals surface area contributed by atoms with Crippen LogP contribution >= 0.6 is 0 Å². The molecule has 0 radical (unpaired) electrons. The molecular weight excluding hydrogens is 563 g/mol. The molecule has 1 saturated carbocycles. The number of aromatic nitrogens is 4. The number of alkyl halides is 3. The number of nitrogens with two attached hydrogens (primary N) is 1. The van der Waals surface area contributed by atoms with Gasteiger partial charge in [0.25, 0.3) is 5.91 Å². The molecule has 0 spiro atoms. The number of halogens is 3. The number of hydrogen-bond acceptors (Lipinski definition) is 7. The van der Waals surface area contributed by atoms with Gasteiger partial charge in [-0.05, 0) is 43.5 Å². The molecule has 2 atom stereocenters. The van der Waals surface area contributed by atoms with Gasteiger partial charge in [-0.1, -0.05) is 24.3 Å². The zero-order valence-electron chi connectivity index (χ0n) is 22.9. The lowest BCUT2D eigenvalue weighted by Gasteiger charge is -2.16. The lowest BCUT2D eigenvalue weighted by Crippen LogP contribution is -2.33. The van der Waals surface area contributed by atoms with E-state index in [1.165, 1.54) is 0 Å². The minimum Gasteiger partial charge on any atom is -0.383 e. The second kappa shape index (κ2) is 11.5. The maximum Gasteiger partial charge on any atom is 0.416 e. The van der Waals surface area contributed by atoms with Crippen molar-refractivity contribution in [2.24, 2.45) is 0 Å². The highest BCUT2D eigenvalue weighted by atomic mass is 19.4. The van der Waals surface area contributed by atoms with Crippen molar-refractivity contribution in [2.45, 2.75) is 43.9 Å². The first-order valence-corrected chi connectivity index (χ1v) is 13.8. The van der Waals surface area contributed by atoms with Gasteiger partial charge in [0.1, 0.15) is 17.3 Å². The number of ether oxygens (including phenoxy) is 1. The van der Waals surface area contributed by atoms with Crippen LogP contribution in [0.15, 0.2) is 54.9 Å². The molecule has 10 nitrogen and oxygen atoms in total. The quantitative estimate of drug-likeness (QED) is 0.305. The van der Waals surface area contributed by atoms with Gasteiger partial charge in [-0.2, -0.15) is 18.3 Å². The molecule has 13 heteroatoms. The van der Waals surface area contributed by atoms with Gasteiger partial charge in [0.05, 0.1) is 35.7 Å². The van der Waals surface area contributed by atoms with Gasteiger partial charge in [-0.15, -0.1) is 0 Å². The highest BCUT2D eigenvalue weighted by Gasteiger charge is 2.32. The molecule has 4 aromatic rings. The van der Waals surface area contributed by atoms with Gasteiger partial charge in [0.15, 0.2) is 0 Å². The second-order valence-electron chi connectivity index (χ2n) is 10.5. The predicted molar refractivity (Wildman–Crippen MR) is 154 cm³/mol. The predicted octanol–water partition coefficient (Wildman–Crippen LogP) is 4.99. The molecule has 0 unspecified atom stereocenters.